The molecular formula is C70H70N16O9. The molecule has 14 rings (SSSR count). The zero-order chi connectivity index (χ0) is 66.0. The number of benzene rings is 6. The van der Waals surface area contributed by atoms with E-state index in [4.69, 9.17) is 34.9 Å². The summed E-state index contributed by atoms with van der Waals surface area (Å²) in [5, 5.41) is 30.4. The van der Waals surface area contributed by atoms with Crippen molar-refractivity contribution in [3.8, 4) is 34.5 Å². The number of carbonyl (C=O) groups is 4. The second-order valence-corrected chi connectivity index (χ2v) is 22.6. The first-order valence-corrected chi connectivity index (χ1v) is 31.1. The van der Waals surface area contributed by atoms with Gasteiger partial charge in [-0.3, -0.25) is 19.7 Å². The molecule has 0 saturated carbocycles. The Balaban J connectivity index is 0.000000161. The van der Waals surface area contributed by atoms with Crippen LogP contribution in [-0.2, 0) is 22.7 Å². The lowest BCUT2D eigenvalue weighted by Crippen LogP contribution is -2.31. The summed E-state index contributed by atoms with van der Waals surface area (Å²) in [6.45, 7) is 7.33. The number of carboxylic acid groups (broad SMARTS) is 1. The summed E-state index contributed by atoms with van der Waals surface area (Å²) in [5.41, 5.74) is 12.9. The SMILES string of the molecule is CCC(=O)N1CC[C@@H](Nc2nn(Cc3ccc(OC)cc3)c3nccc(Oc4ccc(C(=O)Nc5nc6ccccc6[nH]5)cc4)c23)C1.CCC(=O)N1CC[C@@H](Nc2nn(Cc3ccc(OC)cc3)c3nccc(Oc4ccc(C(=O)O)cc4)c23)C1.Nc1nc2ccccc2[nH]1. The summed E-state index contributed by atoms with van der Waals surface area (Å²) in [5.74, 6) is 4.81. The number of carbonyl (C=O) groups excluding carboxylic acids is 3. The minimum absolute atomic E-state index is 0.0376. The van der Waals surface area contributed by atoms with Gasteiger partial charge in [-0.1, -0.05) is 62.4 Å². The Morgan fingerprint density at radius 2 is 1.00 bits per heavy atom. The number of hydrogen-bond acceptors (Lipinski definition) is 17. The van der Waals surface area contributed by atoms with E-state index in [-0.39, 0.29) is 35.4 Å². The molecule has 2 fully saturated rings. The number of rotatable bonds is 19. The molecule has 8 heterocycles. The highest BCUT2D eigenvalue weighted by molar-refractivity contribution is 6.04. The maximum Gasteiger partial charge on any atom is 0.335 e. The maximum atomic E-state index is 12.9. The smallest absolute Gasteiger partial charge is 0.335 e. The van der Waals surface area contributed by atoms with Gasteiger partial charge in [0, 0.05) is 81.2 Å². The second-order valence-electron chi connectivity index (χ2n) is 22.6. The lowest BCUT2D eigenvalue weighted by molar-refractivity contribution is -0.130. The first-order valence-electron chi connectivity index (χ1n) is 31.1. The number of aromatic carboxylic acids is 1. The molecule has 0 spiro atoms. The van der Waals surface area contributed by atoms with Crippen LogP contribution in [0.5, 0.6) is 34.5 Å². The number of imidazole rings is 2. The van der Waals surface area contributed by atoms with Crippen molar-refractivity contribution < 1.29 is 43.2 Å². The predicted octanol–water partition coefficient (Wildman–Crippen LogP) is 11.4. The number of aromatic amines is 2. The zero-order valence-corrected chi connectivity index (χ0v) is 52.7. The Labute approximate surface area is 545 Å². The Kier molecular flexibility index (Phi) is 19.0. The number of aromatic nitrogens is 10. The number of nitrogens with zero attached hydrogens (tertiary/aromatic N) is 10. The van der Waals surface area contributed by atoms with Crippen molar-refractivity contribution in [1.82, 2.24) is 59.3 Å². The van der Waals surface area contributed by atoms with Gasteiger partial charge in [0.05, 0.1) is 54.9 Å². The number of H-pyrrole nitrogens is 2. The van der Waals surface area contributed by atoms with Gasteiger partial charge in [-0.05, 0) is 121 Å². The molecule has 6 aromatic heterocycles. The number of methoxy groups -OCH3 is 2. The third-order valence-corrected chi connectivity index (χ3v) is 16.2. The fourth-order valence-corrected chi connectivity index (χ4v) is 11.3. The molecule has 2 saturated heterocycles. The molecule has 0 bridgehead atoms. The van der Waals surface area contributed by atoms with E-state index in [9.17, 15) is 24.3 Å². The predicted molar refractivity (Wildman–Crippen MR) is 362 cm³/mol. The molecule has 2 aliphatic heterocycles. The second kappa shape index (κ2) is 28.7. The van der Waals surface area contributed by atoms with Gasteiger partial charge in [-0.25, -0.2) is 34.1 Å². The number of para-hydroxylation sites is 4. The molecule has 95 heavy (non-hydrogen) atoms. The van der Waals surface area contributed by atoms with E-state index in [0.29, 0.717) is 121 Å². The van der Waals surface area contributed by atoms with E-state index in [0.717, 1.165) is 62.9 Å². The zero-order valence-electron chi connectivity index (χ0n) is 52.7. The Hall–Kier alpha value is -12.0. The molecule has 6 aromatic carbocycles. The van der Waals surface area contributed by atoms with Gasteiger partial charge in [0.25, 0.3) is 5.91 Å². The number of amides is 3. The number of likely N-dealkylation sites (tertiary alicyclic amines) is 2. The average molecular weight is 1280 g/mol. The van der Waals surface area contributed by atoms with Crippen LogP contribution in [0.4, 0.5) is 23.5 Å². The molecule has 0 unspecified atom stereocenters. The van der Waals surface area contributed by atoms with Crippen LogP contribution in [0.3, 0.4) is 0 Å². The van der Waals surface area contributed by atoms with Crippen LogP contribution < -0.4 is 40.6 Å². The van der Waals surface area contributed by atoms with Gasteiger partial charge in [0.1, 0.15) is 45.3 Å². The van der Waals surface area contributed by atoms with E-state index in [1.807, 2.05) is 130 Å². The number of pyridine rings is 2. The standard InChI is InChI=1S/C35H34N8O4.C28H29N5O5.C7H7N3/c1-3-30(44)42-19-17-24(21-42)37-32-31-29(16-18-36-33(31)43(41-32)20-22-8-12-25(46-2)13-9-22)47-26-14-10-23(11-15-26)34(45)40-35-38-27-6-4-5-7-28(27)39-35;1-3-24(34)32-15-13-20(17-32)30-26-25-23(38-22-10-6-19(7-11-22)28(35)36)12-14-29-27(25)33(31-26)16-18-4-8-21(37-2)9-5-18;8-7-9-5-3-1-2-4-6(5)10-7/h4-16,18,24H,3,17,19-21H2,1-2H3,(H,37,41)(H2,38,39,40,45);4-12,14,20H,3,13,15-17H2,1-2H3,(H,30,31)(H,35,36);1-4H,(H3,8,9,10)/t24-;20-;/m11./s1. The maximum absolute atomic E-state index is 12.9. The summed E-state index contributed by atoms with van der Waals surface area (Å²) in [6.07, 6.45) is 5.94. The number of fused-ring (bicyclic) bond motifs is 4. The minimum Gasteiger partial charge on any atom is -0.497 e. The van der Waals surface area contributed by atoms with Gasteiger partial charge in [0.15, 0.2) is 28.9 Å². The van der Waals surface area contributed by atoms with Gasteiger partial charge in [-0.2, -0.15) is 10.2 Å². The van der Waals surface area contributed by atoms with E-state index < -0.39 is 5.97 Å². The number of ether oxygens (including phenoxy) is 4. The van der Waals surface area contributed by atoms with E-state index in [1.54, 1.807) is 75.1 Å². The fraction of sp³-hybridized carbons (Fsp3) is 0.229. The topological polar surface area (TPSA) is 313 Å². The largest absolute Gasteiger partial charge is 0.497 e. The molecule has 0 aliphatic carbocycles. The third kappa shape index (κ3) is 14.8. The monoisotopic (exact) mass is 1280 g/mol. The Morgan fingerprint density at radius 1 is 0.558 bits per heavy atom. The molecule has 0 radical (unpaired) electrons. The summed E-state index contributed by atoms with van der Waals surface area (Å²) >= 11 is 0. The molecule has 484 valence electrons. The quantitative estimate of drug-likeness (QED) is 0.0396. The summed E-state index contributed by atoms with van der Waals surface area (Å²) < 4.78 is 26.9. The lowest BCUT2D eigenvalue weighted by Gasteiger charge is -2.16. The highest BCUT2D eigenvalue weighted by atomic mass is 16.5. The number of nitrogens with one attached hydrogen (secondary N) is 5. The minimum atomic E-state index is -0.999. The number of hydrogen-bond donors (Lipinski definition) is 7. The Morgan fingerprint density at radius 3 is 1.44 bits per heavy atom. The molecule has 2 atom stereocenters. The van der Waals surface area contributed by atoms with Crippen molar-refractivity contribution in [1.29, 1.82) is 0 Å². The summed E-state index contributed by atoms with van der Waals surface area (Å²) in [4.78, 5) is 76.3. The van der Waals surface area contributed by atoms with Crippen molar-refractivity contribution in [3.63, 3.8) is 0 Å². The highest BCUT2D eigenvalue weighted by Gasteiger charge is 2.30. The van der Waals surface area contributed by atoms with Gasteiger partial charge < -0.3 is 60.2 Å². The van der Waals surface area contributed by atoms with Crippen molar-refractivity contribution >= 4 is 91.4 Å². The van der Waals surface area contributed by atoms with E-state index in [1.165, 1.54) is 12.1 Å². The van der Waals surface area contributed by atoms with Crippen LogP contribution in [0.25, 0.3) is 44.1 Å². The third-order valence-electron chi connectivity index (χ3n) is 16.2. The summed E-state index contributed by atoms with van der Waals surface area (Å²) in [7, 11) is 3.27. The number of carboxylic acids is 1. The molecule has 3 amide bonds. The van der Waals surface area contributed by atoms with Crippen LogP contribution in [-0.4, -0.2) is 141 Å². The first-order chi connectivity index (χ1) is 46.3. The van der Waals surface area contributed by atoms with Crippen molar-refractivity contribution in [2.24, 2.45) is 0 Å². The van der Waals surface area contributed by atoms with Gasteiger partial charge in [-0.15, -0.1) is 0 Å². The van der Waals surface area contributed by atoms with Gasteiger partial charge >= 0.3 is 5.97 Å². The molecule has 25 nitrogen and oxygen atoms in total. The van der Waals surface area contributed by atoms with Gasteiger partial charge in [0.2, 0.25) is 17.8 Å². The lowest BCUT2D eigenvalue weighted by atomic mass is 10.2. The molecule has 12 aromatic rings. The van der Waals surface area contributed by atoms with Crippen LogP contribution in [0, 0.1) is 0 Å². The fourth-order valence-electron chi connectivity index (χ4n) is 11.3. The van der Waals surface area contributed by atoms with Crippen molar-refractivity contribution in [2.75, 3.05) is 62.1 Å². The van der Waals surface area contributed by atoms with Crippen LogP contribution in [0.2, 0.25) is 0 Å². The molecule has 8 N–H and O–H groups in total. The molecule has 2 aliphatic rings. The Bertz CT molecular complexity index is 4620. The van der Waals surface area contributed by atoms with Crippen molar-refractivity contribution in [3.05, 3.63) is 192 Å². The normalized spacial score (nSPS) is 14.2. The molecular weight excluding hydrogens is 1210 g/mol. The van der Waals surface area contributed by atoms with Crippen LogP contribution >= 0.6 is 0 Å². The average Bonchev–Trinajstić information content (AvgIpc) is 1.64. The van der Waals surface area contributed by atoms with E-state index >= 15 is 0 Å². The highest BCUT2D eigenvalue weighted by Crippen LogP contribution is 2.38. The molecule has 25 heteroatoms. The number of nitrogens with two attached hydrogens (primary N) is 1. The van der Waals surface area contributed by atoms with Crippen molar-refractivity contribution in [2.45, 2.75) is 64.7 Å². The summed E-state index contributed by atoms with van der Waals surface area (Å²) in [6, 6.07) is 47.7. The van der Waals surface area contributed by atoms with E-state index in [2.05, 4.69) is 45.9 Å². The number of anilines is 4. The number of nitrogen functional groups attached to an aromatic ring is 1. The van der Waals surface area contributed by atoms with Crippen LogP contribution in [0.15, 0.2) is 170 Å². The first kappa shape index (κ1) is 63.1. The van der Waals surface area contributed by atoms with Crippen LogP contribution in [0.1, 0.15) is 71.4 Å².